The van der Waals surface area contributed by atoms with E-state index in [1.165, 1.54) is 6.07 Å². The van der Waals surface area contributed by atoms with Crippen molar-refractivity contribution in [2.45, 2.75) is 19.4 Å². The van der Waals surface area contributed by atoms with Crippen molar-refractivity contribution in [3.05, 3.63) is 23.8 Å². The Hall–Kier alpha value is -1.26. The van der Waals surface area contributed by atoms with Gasteiger partial charge in [0.15, 0.2) is 0 Å². The molecule has 3 N–H and O–H groups in total. The number of aromatic hydroxyl groups is 2. The van der Waals surface area contributed by atoms with E-state index in [2.05, 4.69) is 24.3 Å². The number of phenolic OH excluding ortho intramolecular Hbond substituents is 2. The molecule has 0 saturated carbocycles. The lowest BCUT2D eigenvalue weighted by atomic mass is 10.1. The van der Waals surface area contributed by atoms with Crippen molar-refractivity contribution in [2.75, 3.05) is 27.2 Å². The predicted molar refractivity (Wildman–Crippen MR) is 69.4 cm³/mol. The number of hydrogen-bond donors (Lipinski definition) is 3. The van der Waals surface area contributed by atoms with Crippen molar-refractivity contribution in [3.8, 4) is 11.5 Å². The van der Waals surface area contributed by atoms with Crippen LogP contribution in [0.25, 0.3) is 0 Å². The topological polar surface area (TPSA) is 55.7 Å². The van der Waals surface area contributed by atoms with Crippen LogP contribution in [-0.2, 0) is 0 Å². The molecule has 0 aliphatic rings. The minimum atomic E-state index is 0.0990. The van der Waals surface area contributed by atoms with Crippen molar-refractivity contribution >= 4 is 0 Å². The molecule has 17 heavy (non-hydrogen) atoms. The zero-order valence-electron chi connectivity index (χ0n) is 10.8. The molecule has 0 radical (unpaired) electrons. The summed E-state index contributed by atoms with van der Waals surface area (Å²) in [5, 5.41) is 22.1. The first kappa shape index (κ1) is 13.8. The third-order valence-electron chi connectivity index (χ3n) is 2.66. The van der Waals surface area contributed by atoms with Crippen LogP contribution in [0.15, 0.2) is 18.2 Å². The van der Waals surface area contributed by atoms with Crippen LogP contribution in [0.2, 0.25) is 0 Å². The SMILES string of the molecule is CC(NCCCN(C)C)c1cc(O)cc(O)c1. The first-order valence-corrected chi connectivity index (χ1v) is 5.90. The quantitative estimate of drug-likeness (QED) is 0.660. The zero-order chi connectivity index (χ0) is 12.8. The molecule has 1 unspecified atom stereocenters. The largest absolute Gasteiger partial charge is 0.508 e. The minimum absolute atomic E-state index is 0.0990. The Labute approximate surface area is 103 Å². The number of nitrogens with zero attached hydrogens (tertiary/aromatic N) is 1. The van der Waals surface area contributed by atoms with Crippen LogP contribution in [0.5, 0.6) is 11.5 Å². The van der Waals surface area contributed by atoms with Gasteiger partial charge in [0.25, 0.3) is 0 Å². The van der Waals surface area contributed by atoms with Gasteiger partial charge in [-0.25, -0.2) is 0 Å². The second kappa shape index (κ2) is 6.47. The Morgan fingerprint density at radius 3 is 2.29 bits per heavy atom. The van der Waals surface area contributed by atoms with Crippen LogP contribution in [0.1, 0.15) is 24.9 Å². The number of hydrogen-bond acceptors (Lipinski definition) is 4. The second-order valence-corrected chi connectivity index (χ2v) is 4.62. The Bertz CT molecular complexity index is 333. The van der Waals surface area contributed by atoms with E-state index in [4.69, 9.17) is 0 Å². The normalized spacial score (nSPS) is 12.9. The molecule has 0 heterocycles. The highest BCUT2D eigenvalue weighted by atomic mass is 16.3. The van der Waals surface area contributed by atoms with E-state index in [1.807, 2.05) is 6.92 Å². The molecule has 1 aromatic rings. The van der Waals surface area contributed by atoms with Crippen molar-refractivity contribution in [2.24, 2.45) is 0 Å². The number of benzene rings is 1. The Morgan fingerprint density at radius 1 is 1.18 bits per heavy atom. The Kier molecular flexibility index (Phi) is 5.25. The lowest BCUT2D eigenvalue weighted by Crippen LogP contribution is -2.23. The Morgan fingerprint density at radius 2 is 1.76 bits per heavy atom. The van der Waals surface area contributed by atoms with E-state index >= 15 is 0 Å². The summed E-state index contributed by atoms with van der Waals surface area (Å²) in [5.41, 5.74) is 0.896. The lowest BCUT2D eigenvalue weighted by Gasteiger charge is -2.16. The summed E-state index contributed by atoms with van der Waals surface area (Å²) in [5.74, 6) is 0.198. The second-order valence-electron chi connectivity index (χ2n) is 4.62. The van der Waals surface area contributed by atoms with Gasteiger partial charge in [0.2, 0.25) is 0 Å². The summed E-state index contributed by atoms with van der Waals surface area (Å²) in [6.45, 7) is 3.98. The molecule has 1 atom stereocenters. The lowest BCUT2D eigenvalue weighted by molar-refractivity contribution is 0.388. The standard InChI is InChI=1S/C13H22N2O2/c1-10(14-5-4-6-15(2)3)11-7-12(16)9-13(17)8-11/h7-10,14,16-17H,4-6H2,1-3H3. The smallest absolute Gasteiger partial charge is 0.119 e. The molecule has 4 heteroatoms. The van der Waals surface area contributed by atoms with E-state index < -0.39 is 0 Å². The molecule has 0 aliphatic heterocycles. The Balaban J connectivity index is 2.43. The van der Waals surface area contributed by atoms with Gasteiger partial charge < -0.3 is 20.4 Å². The molecule has 0 aromatic heterocycles. The number of nitrogens with one attached hydrogen (secondary N) is 1. The third-order valence-corrected chi connectivity index (χ3v) is 2.66. The summed E-state index contributed by atoms with van der Waals surface area (Å²) >= 11 is 0. The van der Waals surface area contributed by atoms with Gasteiger partial charge in [-0.05, 0) is 58.2 Å². The van der Waals surface area contributed by atoms with E-state index in [1.54, 1.807) is 12.1 Å². The maximum atomic E-state index is 9.39. The monoisotopic (exact) mass is 238 g/mol. The highest BCUT2D eigenvalue weighted by Gasteiger charge is 2.07. The summed E-state index contributed by atoms with van der Waals surface area (Å²) in [6, 6.07) is 4.80. The summed E-state index contributed by atoms with van der Waals surface area (Å²) in [7, 11) is 4.10. The van der Waals surface area contributed by atoms with Gasteiger partial charge in [-0.2, -0.15) is 0 Å². The van der Waals surface area contributed by atoms with Crippen molar-refractivity contribution < 1.29 is 10.2 Å². The summed E-state index contributed by atoms with van der Waals surface area (Å²) in [6.07, 6.45) is 1.07. The molecule has 1 rings (SSSR count). The minimum Gasteiger partial charge on any atom is -0.508 e. The fourth-order valence-electron chi connectivity index (χ4n) is 1.70. The highest BCUT2D eigenvalue weighted by molar-refractivity contribution is 5.37. The van der Waals surface area contributed by atoms with Gasteiger partial charge in [-0.3, -0.25) is 0 Å². The van der Waals surface area contributed by atoms with E-state index in [0.717, 1.165) is 25.1 Å². The first-order chi connectivity index (χ1) is 7.99. The molecule has 0 fully saturated rings. The van der Waals surface area contributed by atoms with E-state index in [0.29, 0.717) is 0 Å². The molecule has 0 spiro atoms. The van der Waals surface area contributed by atoms with Crippen LogP contribution < -0.4 is 5.32 Å². The predicted octanol–water partition coefficient (Wildman–Crippen LogP) is 1.70. The molecule has 0 bridgehead atoms. The van der Waals surface area contributed by atoms with Crippen LogP contribution in [0.3, 0.4) is 0 Å². The van der Waals surface area contributed by atoms with Gasteiger partial charge in [-0.15, -0.1) is 0 Å². The number of phenols is 2. The summed E-state index contributed by atoms with van der Waals surface area (Å²) < 4.78 is 0. The van der Waals surface area contributed by atoms with E-state index in [9.17, 15) is 10.2 Å². The van der Waals surface area contributed by atoms with Crippen molar-refractivity contribution in [1.82, 2.24) is 10.2 Å². The number of rotatable bonds is 6. The zero-order valence-corrected chi connectivity index (χ0v) is 10.8. The molecule has 0 saturated heterocycles. The van der Waals surface area contributed by atoms with Gasteiger partial charge in [0.05, 0.1) is 0 Å². The molecule has 0 amide bonds. The molecule has 96 valence electrons. The van der Waals surface area contributed by atoms with Crippen LogP contribution in [-0.4, -0.2) is 42.3 Å². The first-order valence-electron chi connectivity index (χ1n) is 5.90. The maximum absolute atomic E-state index is 9.39. The third kappa shape index (κ3) is 5.06. The fraction of sp³-hybridized carbons (Fsp3) is 0.538. The van der Waals surface area contributed by atoms with Crippen LogP contribution >= 0.6 is 0 Å². The van der Waals surface area contributed by atoms with Gasteiger partial charge in [0, 0.05) is 12.1 Å². The molecule has 1 aromatic carbocycles. The van der Waals surface area contributed by atoms with Gasteiger partial charge >= 0.3 is 0 Å². The molecular formula is C13H22N2O2. The molecular weight excluding hydrogens is 216 g/mol. The molecule has 0 aliphatic carbocycles. The summed E-state index contributed by atoms with van der Waals surface area (Å²) in [4.78, 5) is 2.15. The van der Waals surface area contributed by atoms with E-state index in [-0.39, 0.29) is 17.5 Å². The molecule has 4 nitrogen and oxygen atoms in total. The average molecular weight is 238 g/mol. The average Bonchev–Trinajstić information content (AvgIpc) is 2.22. The van der Waals surface area contributed by atoms with Crippen molar-refractivity contribution in [1.29, 1.82) is 0 Å². The maximum Gasteiger partial charge on any atom is 0.119 e. The highest BCUT2D eigenvalue weighted by Crippen LogP contribution is 2.24. The van der Waals surface area contributed by atoms with Gasteiger partial charge in [0.1, 0.15) is 11.5 Å². The van der Waals surface area contributed by atoms with Crippen molar-refractivity contribution in [3.63, 3.8) is 0 Å². The fourth-order valence-corrected chi connectivity index (χ4v) is 1.70. The van der Waals surface area contributed by atoms with Gasteiger partial charge in [-0.1, -0.05) is 0 Å². The van der Waals surface area contributed by atoms with Crippen LogP contribution in [0, 0.1) is 0 Å². The van der Waals surface area contributed by atoms with Crippen LogP contribution in [0.4, 0.5) is 0 Å².